The number of hydrogen-bond acceptors (Lipinski definition) is 2. The van der Waals surface area contributed by atoms with Crippen LogP contribution >= 0.6 is 0 Å². The predicted octanol–water partition coefficient (Wildman–Crippen LogP) is 16.8. The standard InChI is InChI=1S/C60H40N2O/c1-4-20-41(21-5-1)46-28-10-11-30-50(46)58-47(42-22-6-2-7-23-42)32-18-36-54(58)61(55-37-19-39-57-59(55)52-31-13-15-38-56(52)63-57)45-27-16-24-43(40-45)48-33-17-34-51-49-29-12-14-35-53(49)62(60(48)51)44-25-8-3-9-26-44/h1-40H. The van der Waals surface area contributed by atoms with Gasteiger partial charge in [0.15, 0.2) is 0 Å². The van der Waals surface area contributed by atoms with Crippen molar-refractivity contribution < 1.29 is 4.42 Å². The van der Waals surface area contributed by atoms with Crippen molar-refractivity contribution in [2.24, 2.45) is 0 Å². The van der Waals surface area contributed by atoms with E-state index in [4.69, 9.17) is 4.42 Å². The molecule has 0 aliphatic carbocycles. The summed E-state index contributed by atoms with van der Waals surface area (Å²) in [6.45, 7) is 0. The zero-order valence-corrected chi connectivity index (χ0v) is 34.4. The fourth-order valence-corrected chi connectivity index (χ4v) is 9.70. The van der Waals surface area contributed by atoms with Crippen LogP contribution in [0.3, 0.4) is 0 Å². The molecule has 3 heteroatoms. The Morgan fingerprint density at radius 1 is 0.349 bits per heavy atom. The van der Waals surface area contributed by atoms with Gasteiger partial charge in [-0.3, -0.25) is 0 Å². The first-order valence-electron chi connectivity index (χ1n) is 21.5. The zero-order chi connectivity index (χ0) is 41.7. The molecule has 0 radical (unpaired) electrons. The first-order valence-corrected chi connectivity index (χ1v) is 21.5. The van der Waals surface area contributed by atoms with Gasteiger partial charge >= 0.3 is 0 Å². The molecular weight excluding hydrogens is 765 g/mol. The lowest BCUT2D eigenvalue weighted by Crippen LogP contribution is -2.12. The van der Waals surface area contributed by atoms with E-state index in [2.05, 4.69) is 246 Å². The Hall–Kier alpha value is -8.40. The molecule has 0 fully saturated rings. The fraction of sp³-hybridized carbons (Fsp3) is 0. The summed E-state index contributed by atoms with van der Waals surface area (Å²) in [5.41, 5.74) is 17.6. The van der Waals surface area contributed by atoms with Crippen LogP contribution < -0.4 is 4.90 Å². The molecular formula is C60H40N2O. The third-order valence-electron chi connectivity index (χ3n) is 12.4. The minimum Gasteiger partial charge on any atom is -0.456 e. The first kappa shape index (κ1) is 36.5. The lowest BCUT2D eigenvalue weighted by atomic mass is 9.87. The van der Waals surface area contributed by atoms with Crippen molar-refractivity contribution in [1.29, 1.82) is 0 Å². The summed E-state index contributed by atoms with van der Waals surface area (Å²) < 4.78 is 9.02. The summed E-state index contributed by atoms with van der Waals surface area (Å²) in [4.78, 5) is 2.46. The van der Waals surface area contributed by atoms with Crippen LogP contribution in [0.2, 0.25) is 0 Å². The van der Waals surface area contributed by atoms with Gasteiger partial charge in [0.05, 0.1) is 27.8 Å². The predicted molar refractivity (Wildman–Crippen MR) is 264 cm³/mol. The lowest BCUT2D eigenvalue weighted by Gasteiger charge is -2.30. The van der Waals surface area contributed by atoms with Crippen LogP contribution in [0.4, 0.5) is 17.1 Å². The second-order valence-electron chi connectivity index (χ2n) is 16.0. The quantitative estimate of drug-likeness (QED) is 0.153. The van der Waals surface area contributed by atoms with Crippen LogP contribution in [0, 0.1) is 0 Å². The maximum Gasteiger partial charge on any atom is 0.137 e. The number of fused-ring (bicyclic) bond motifs is 6. The summed E-state index contributed by atoms with van der Waals surface area (Å²) in [6, 6.07) is 87.2. The van der Waals surface area contributed by atoms with Gasteiger partial charge in [0.2, 0.25) is 0 Å². The molecule has 0 spiro atoms. The van der Waals surface area contributed by atoms with E-state index in [1.54, 1.807) is 0 Å². The molecule has 12 rings (SSSR count). The van der Waals surface area contributed by atoms with Crippen LogP contribution in [0.1, 0.15) is 0 Å². The Kier molecular flexibility index (Phi) is 8.83. The van der Waals surface area contributed by atoms with Crippen molar-refractivity contribution in [3.8, 4) is 50.2 Å². The van der Waals surface area contributed by atoms with Crippen molar-refractivity contribution in [2.75, 3.05) is 4.90 Å². The highest BCUT2D eigenvalue weighted by atomic mass is 16.3. The van der Waals surface area contributed by atoms with Crippen molar-refractivity contribution in [3.05, 3.63) is 243 Å². The molecule has 2 heterocycles. The molecule has 296 valence electrons. The van der Waals surface area contributed by atoms with E-state index in [0.717, 1.165) is 78.1 Å². The molecule has 0 saturated heterocycles. The number of anilines is 3. The first-order chi connectivity index (χ1) is 31.3. The molecule has 63 heavy (non-hydrogen) atoms. The monoisotopic (exact) mass is 804 g/mol. The van der Waals surface area contributed by atoms with Crippen LogP contribution in [0.25, 0.3) is 93.9 Å². The van der Waals surface area contributed by atoms with Crippen LogP contribution in [-0.4, -0.2) is 4.57 Å². The molecule has 0 N–H and O–H groups in total. The molecule has 0 unspecified atom stereocenters. The van der Waals surface area contributed by atoms with Gasteiger partial charge in [-0.05, 0) is 88.0 Å². The normalized spacial score (nSPS) is 11.5. The van der Waals surface area contributed by atoms with Crippen molar-refractivity contribution >= 4 is 60.8 Å². The summed E-state index contributed by atoms with van der Waals surface area (Å²) >= 11 is 0. The highest BCUT2D eigenvalue weighted by Gasteiger charge is 2.26. The average molecular weight is 805 g/mol. The van der Waals surface area contributed by atoms with Gasteiger partial charge in [-0.1, -0.05) is 188 Å². The minimum absolute atomic E-state index is 0.845. The maximum atomic E-state index is 6.60. The van der Waals surface area contributed by atoms with Gasteiger partial charge in [-0.15, -0.1) is 0 Å². The minimum atomic E-state index is 0.845. The third-order valence-corrected chi connectivity index (χ3v) is 12.4. The van der Waals surface area contributed by atoms with Crippen molar-refractivity contribution in [2.45, 2.75) is 0 Å². The van der Waals surface area contributed by atoms with Crippen LogP contribution in [-0.2, 0) is 0 Å². The lowest BCUT2D eigenvalue weighted by molar-refractivity contribution is 0.669. The Labute approximate surface area is 366 Å². The topological polar surface area (TPSA) is 21.3 Å². The van der Waals surface area contributed by atoms with Crippen molar-refractivity contribution in [1.82, 2.24) is 4.57 Å². The van der Waals surface area contributed by atoms with E-state index in [0.29, 0.717) is 0 Å². The molecule has 10 aromatic carbocycles. The Morgan fingerprint density at radius 3 is 1.70 bits per heavy atom. The Bertz CT molecular complexity index is 3620. The maximum absolute atomic E-state index is 6.60. The van der Waals surface area contributed by atoms with Gasteiger partial charge < -0.3 is 13.9 Å². The molecule has 0 aliphatic rings. The summed E-state index contributed by atoms with van der Waals surface area (Å²) in [5, 5.41) is 4.59. The molecule has 0 bridgehead atoms. The van der Waals surface area contributed by atoms with Crippen LogP contribution in [0.15, 0.2) is 247 Å². The summed E-state index contributed by atoms with van der Waals surface area (Å²) in [6.07, 6.45) is 0. The number of hydrogen-bond donors (Lipinski definition) is 0. The van der Waals surface area contributed by atoms with E-state index in [1.165, 1.54) is 32.9 Å². The summed E-state index contributed by atoms with van der Waals surface area (Å²) in [7, 11) is 0. The van der Waals surface area contributed by atoms with E-state index in [-0.39, 0.29) is 0 Å². The second kappa shape index (κ2) is 15.3. The average Bonchev–Trinajstić information content (AvgIpc) is 3.92. The second-order valence-corrected chi connectivity index (χ2v) is 16.0. The zero-order valence-electron chi connectivity index (χ0n) is 34.4. The van der Waals surface area contributed by atoms with Gasteiger partial charge in [0.1, 0.15) is 11.2 Å². The number of para-hydroxylation sites is 4. The van der Waals surface area contributed by atoms with Gasteiger partial charge in [-0.25, -0.2) is 0 Å². The smallest absolute Gasteiger partial charge is 0.137 e. The molecule has 2 aromatic heterocycles. The number of benzene rings is 10. The molecule has 3 nitrogen and oxygen atoms in total. The van der Waals surface area contributed by atoms with E-state index in [1.807, 2.05) is 6.07 Å². The molecule has 0 atom stereocenters. The Morgan fingerprint density at radius 2 is 0.889 bits per heavy atom. The van der Waals surface area contributed by atoms with Gasteiger partial charge in [0.25, 0.3) is 0 Å². The SMILES string of the molecule is c1ccc(-c2ccccc2-c2c(-c3ccccc3)cccc2N(c2cccc(-c3cccc4c5ccccc5n(-c5ccccc5)c34)c2)c2cccc3oc4ccccc4c23)cc1. The number of rotatable bonds is 8. The highest BCUT2D eigenvalue weighted by Crippen LogP contribution is 2.51. The molecule has 0 amide bonds. The Balaban J connectivity index is 1.17. The molecule has 0 aliphatic heterocycles. The van der Waals surface area contributed by atoms with Gasteiger partial charge in [-0.2, -0.15) is 0 Å². The molecule has 12 aromatic rings. The van der Waals surface area contributed by atoms with Crippen molar-refractivity contribution in [3.63, 3.8) is 0 Å². The van der Waals surface area contributed by atoms with E-state index < -0.39 is 0 Å². The number of nitrogens with zero attached hydrogens (tertiary/aromatic N) is 2. The number of furan rings is 1. The third kappa shape index (κ3) is 6.13. The summed E-state index contributed by atoms with van der Waals surface area (Å²) in [5.74, 6) is 0. The number of aromatic nitrogens is 1. The highest BCUT2D eigenvalue weighted by molar-refractivity contribution is 6.16. The van der Waals surface area contributed by atoms with Gasteiger partial charge in [0, 0.05) is 38.7 Å². The van der Waals surface area contributed by atoms with E-state index >= 15 is 0 Å². The molecule has 0 saturated carbocycles. The van der Waals surface area contributed by atoms with E-state index in [9.17, 15) is 0 Å². The fourth-order valence-electron chi connectivity index (χ4n) is 9.70. The van der Waals surface area contributed by atoms with Crippen LogP contribution in [0.5, 0.6) is 0 Å². The largest absolute Gasteiger partial charge is 0.456 e.